The lowest BCUT2D eigenvalue weighted by atomic mass is 9.92. The van der Waals surface area contributed by atoms with Gasteiger partial charge in [0.15, 0.2) is 5.78 Å². The zero-order valence-corrected chi connectivity index (χ0v) is 24.0. The van der Waals surface area contributed by atoms with Crippen LogP contribution in [0, 0.1) is 5.92 Å². The van der Waals surface area contributed by atoms with E-state index in [4.69, 9.17) is 19.4 Å². The number of nitrogens with zero attached hydrogens (tertiary/aromatic N) is 6. The van der Waals surface area contributed by atoms with Crippen LogP contribution in [0.2, 0.25) is 0 Å². The highest BCUT2D eigenvalue weighted by atomic mass is 19.4. The van der Waals surface area contributed by atoms with Crippen molar-refractivity contribution in [2.24, 2.45) is 5.92 Å². The largest absolute Gasteiger partial charge is 0.463 e. The second-order valence-corrected chi connectivity index (χ2v) is 11.2. The van der Waals surface area contributed by atoms with Crippen LogP contribution in [0.15, 0.2) is 31.0 Å². The van der Waals surface area contributed by atoms with E-state index >= 15 is 0 Å². The first-order chi connectivity index (χ1) is 20.8. The zero-order valence-electron chi connectivity index (χ0n) is 24.0. The summed E-state index contributed by atoms with van der Waals surface area (Å²) in [6.45, 7) is 9.97. The Morgan fingerprint density at radius 1 is 1.12 bits per heavy atom. The van der Waals surface area contributed by atoms with E-state index in [0.29, 0.717) is 62.1 Å². The number of rotatable bonds is 9. The summed E-state index contributed by atoms with van der Waals surface area (Å²) >= 11 is 0. The summed E-state index contributed by atoms with van der Waals surface area (Å²) in [4.78, 5) is 28.0. The molecule has 1 aromatic carbocycles. The number of nitrogens with one attached hydrogen (secondary N) is 1. The molecule has 0 radical (unpaired) electrons. The third-order valence-electron chi connectivity index (χ3n) is 8.59. The number of carbonyl (C=O) groups is 1. The van der Waals surface area contributed by atoms with Crippen LogP contribution in [0.3, 0.4) is 0 Å². The molecule has 43 heavy (non-hydrogen) atoms. The Kier molecular flexibility index (Phi) is 8.53. The summed E-state index contributed by atoms with van der Waals surface area (Å²) < 4.78 is 54.0. The fourth-order valence-electron chi connectivity index (χ4n) is 6.30. The minimum Gasteiger partial charge on any atom is -0.463 e. The lowest BCUT2D eigenvalue weighted by Gasteiger charge is -2.37. The van der Waals surface area contributed by atoms with Gasteiger partial charge in [-0.05, 0) is 43.9 Å². The number of H-pyrrole nitrogens is 1. The molecular weight excluding hydrogens is 563 g/mol. The minimum atomic E-state index is -4.53. The average molecular weight is 600 g/mol. The monoisotopic (exact) mass is 599 g/mol. The van der Waals surface area contributed by atoms with Crippen molar-refractivity contribution < 1.29 is 27.4 Å². The first-order valence-corrected chi connectivity index (χ1v) is 14.8. The molecule has 5 heterocycles. The summed E-state index contributed by atoms with van der Waals surface area (Å²) in [7, 11) is 0. The number of aromatic amines is 1. The molecule has 3 aliphatic rings. The summed E-state index contributed by atoms with van der Waals surface area (Å²) in [5.41, 5.74) is 1.50. The van der Waals surface area contributed by atoms with Crippen molar-refractivity contribution in [1.82, 2.24) is 25.1 Å². The number of allylic oxidation sites excluding steroid dienone is 1. The number of anilines is 2. The van der Waals surface area contributed by atoms with Crippen molar-refractivity contribution in [3.63, 3.8) is 0 Å². The molecule has 0 bridgehead atoms. The van der Waals surface area contributed by atoms with Crippen LogP contribution in [0.5, 0.6) is 6.01 Å². The highest BCUT2D eigenvalue weighted by Gasteiger charge is 2.38. The van der Waals surface area contributed by atoms with Crippen molar-refractivity contribution in [2.45, 2.75) is 38.4 Å². The molecule has 0 saturated carbocycles. The Morgan fingerprint density at radius 3 is 2.65 bits per heavy atom. The van der Waals surface area contributed by atoms with Gasteiger partial charge in [-0.1, -0.05) is 6.58 Å². The van der Waals surface area contributed by atoms with E-state index in [1.165, 1.54) is 18.3 Å². The fraction of sp³-hybridized carbons (Fsp3) is 0.533. The number of aromatic nitrogens is 4. The third kappa shape index (κ3) is 6.32. The van der Waals surface area contributed by atoms with Crippen LogP contribution >= 0.6 is 0 Å². The van der Waals surface area contributed by atoms with Crippen molar-refractivity contribution >= 4 is 28.2 Å². The Morgan fingerprint density at radius 2 is 1.91 bits per heavy atom. The number of fused-ring (bicyclic) bond motifs is 2. The number of ether oxygens (including phenoxy) is 2. The number of piperidine rings is 1. The Bertz CT molecular complexity index is 1460. The highest BCUT2D eigenvalue weighted by Crippen LogP contribution is 2.42. The number of benzene rings is 1. The molecule has 13 heteroatoms. The molecule has 0 atom stereocenters. The van der Waals surface area contributed by atoms with Crippen molar-refractivity contribution in [3.8, 4) is 6.01 Å². The predicted octanol–water partition coefficient (Wildman–Crippen LogP) is 4.01. The Hall–Kier alpha value is -3.71. The van der Waals surface area contributed by atoms with E-state index in [-0.39, 0.29) is 29.9 Å². The first-order valence-electron chi connectivity index (χ1n) is 14.8. The molecule has 230 valence electrons. The maximum atomic E-state index is 14.2. The van der Waals surface area contributed by atoms with Crippen molar-refractivity contribution in [1.29, 1.82) is 0 Å². The molecule has 0 spiro atoms. The topological polar surface area (TPSA) is 99.7 Å². The van der Waals surface area contributed by atoms with Crippen LogP contribution in [0.4, 0.5) is 24.7 Å². The van der Waals surface area contributed by atoms with Gasteiger partial charge < -0.3 is 19.3 Å². The lowest BCUT2D eigenvalue weighted by Crippen LogP contribution is -2.39. The van der Waals surface area contributed by atoms with Crippen LogP contribution in [0.25, 0.3) is 10.9 Å². The van der Waals surface area contributed by atoms with Crippen LogP contribution in [-0.2, 0) is 28.7 Å². The van der Waals surface area contributed by atoms with Crippen LogP contribution in [-0.4, -0.2) is 89.9 Å². The standard InChI is InChI=1S/C30H36F3N7O3/c1-2-26(41)20-6-10-39(11-7-20)28-21-8-12-40(27-22-18-34-37-24(22)5-4-23(27)30(31,32)33)19-25(21)35-29(36-28)43-15-3-9-38-13-16-42-17-14-38/h2,4-5,18,20H,1,3,6-17,19H2,(H,34,37). The number of carbonyl (C=O) groups excluding carboxylic acids is 1. The molecule has 6 rings (SSSR count). The number of halogens is 3. The van der Waals surface area contributed by atoms with Gasteiger partial charge in [-0.15, -0.1) is 0 Å². The highest BCUT2D eigenvalue weighted by molar-refractivity contribution is 5.94. The van der Waals surface area contributed by atoms with E-state index < -0.39 is 11.7 Å². The first kappa shape index (κ1) is 29.4. The zero-order chi connectivity index (χ0) is 30.0. The second kappa shape index (κ2) is 12.5. The number of hydrogen-bond acceptors (Lipinski definition) is 9. The van der Waals surface area contributed by atoms with Gasteiger partial charge in [0.05, 0.1) is 55.0 Å². The predicted molar refractivity (Wildman–Crippen MR) is 155 cm³/mol. The van der Waals surface area contributed by atoms with E-state index in [1.54, 1.807) is 4.90 Å². The molecule has 10 nitrogen and oxygen atoms in total. The van der Waals surface area contributed by atoms with Gasteiger partial charge in [-0.25, -0.2) is 0 Å². The van der Waals surface area contributed by atoms with E-state index in [9.17, 15) is 18.0 Å². The summed E-state index contributed by atoms with van der Waals surface area (Å²) in [6, 6.07) is 2.74. The molecule has 2 aromatic heterocycles. The maximum absolute atomic E-state index is 14.2. The average Bonchev–Trinajstić information content (AvgIpc) is 3.51. The maximum Gasteiger partial charge on any atom is 0.418 e. The summed E-state index contributed by atoms with van der Waals surface area (Å²) in [5, 5.41) is 7.21. The molecule has 1 N–H and O–H groups in total. The quantitative estimate of drug-likeness (QED) is 0.289. The van der Waals surface area contributed by atoms with E-state index in [0.717, 1.165) is 56.7 Å². The molecule has 2 fully saturated rings. The summed E-state index contributed by atoms with van der Waals surface area (Å²) in [5.74, 6) is 0.738. The molecule has 3 aliphatic heterocycles. The van der Waals surface area contributed by atoms with E-state index in [2.05, 4.69) is 26.6 Å². The molecule has 0 unspecified atom stereocenters. The molecule has 3 aromatic rings. The summed E-state index contributed by atoms with van der Waals surface area (Å²) in [6.07, 6.45) is 0.928. The van der Waals surface area contributed by atoms with Gasteiger partial charge in [0.25, 0.3) is 0 Å². The van der Waals surface area contributed by atoms with Crippen molar-refractivity contribution in [3.05, 3.63) is 47.8 Å². The van der Waals surface area contributed by atoms with Gasteiger partial charge in [0, 0.05) is 56.1 Å². The van der Waals surface area contributed by atoms with Gasteiger partial charge in [-0.2, -0.15) is 28.2 Å². The SMILES string of the molecule is C=CC(=O)C1CCN(c2nc(OCCCN3CCOCC3)nc3c2CCN(c2c(C(F)(F)F)ccc4[nH]ncc24)C3)CC1. The van der Waals surface area contributed by atoms with Crippen LogP contribution < -0.4 is 14.5 Å². The minimum absolute atomic E-state index is 0.0539. The van der Waals surface area contributed by atoms with E-state index in [1.807, 2.05) is 0 Å². The number of alkyl halides is 3. The number of hydrogen-bond donors (Lipinski definition) is 1. The normalized spacial score (nSPS) is 18.6. The van der Waals surface area contributed by atoms with Crippen molar-refractivity contribution in [2.75, 3.05) is 68.9 Å². The molecule has 0 amide bonds. The third-order valence-corrected chi connectivity index (χ3v) is 8.59. The molecular formula is C30H36F3N7O3. The van der Waals surface area contributed by atoms with Gasteiger partial charge in [-0.3, -0.25) is 14.8 Å². The van der Waals surface area contributed by atoms with Gasteiger partial charge in [0.2, 0.25) is 0 Å². The number of ketones is 1. The van der Waals surface area contributed by atoms with Gasteiger partial charge >= 0.3 is 12.2 Å². The smallest absolute Gasteiger partial charge is 0.418 e. The molecule has 0 aliphatic carbocycles. The fourth-order valence-corrected chi connectivity index (χ4v) is 6.30. The number of morpholine rings is 1. The van der Waals surface area contributed by atoms with Gasteiger partial charge in [0.1, 0.15) is 5.82 Å². The Labute approximate surface area is 247 Å². The second-order valence-electron chi connectivity index (χ2n) is 11.2. The van der Waals surface area contributed by atoms with Crippen LogP contribution in [0.1, 0.15) is 36.1 Å². The lowest BCUT2D eigenvalue weighted by molar-refractivity contribution is -0.137. The Balaban J connectivity index is 1.27. The molecule has 2 saturated heterocycles.